The minimum atomic E-state index is -0.397. The zero-order chi connectivity index (χ0) is 13.2. The van der Waals surface area contributed by atoms with Crippen LogP contribution in [0.3, 0.4) is 0 Å². The molecule has 0 spiro atoms. The second-order valence-electron chi connectivity index (χ2n) is 5.32. The molecule has 1 aromatic rings. The fourth-order valence-corrected chi connectivity index (χ4v) is 3.13. The Balaban J connectivity index is 2.21. The smallest absolute Gasteiger partial charge is 0.126 e. The topological polar surface area (TPSA) is 23.8 Å². The third-order valence-corrected chi connectivity index (χ3v) is 4.30. The molecule has 0 aliphatic heterocycles. The van der Waals surface area contributed by atoms with Crippen LogP contribution in [0.5, 0.6) is 0 Å². The Morgan fingerprint density at radius 1 is 1.56 bits per heavy atom. The van der Waals surface area contributed by atoms with Gasteiger partial charge in [-0.15, -0.1) is 0 Å². The van der Waals surface area contributed by atoms with E-state index in [1.165, 1.54) is 6.07 Å². The Morgan fingerprint density at radius 3 is 2.94 bits per heavy atom. The van der Waals surface area contributed by atoms with Gasteiger partial charge in [-0.25, -0.2) is 4.39 Å². The van der Waals surface area contributed by atoms with Gasteiger partial charge in [-0.3, -0.25) is 0 Å². The average molecular weight is 266 g/mol. The summed E-state index contributed by atoms with van der Waals surface area (Å²) < 4.78 is 13.7. The molecule has 2 unspecified atom stereocenters. The lowest BCUT2D eigenvalue weighted by molar-refractivity contribution is 0.375. The molecular weight excluding hydrogens is 249 g/mol. The first-order chi connectivity index (χ1) is 8.58. The maximum Gasteiger partial charge on any atom is 0.126 e. The highest BCUT2D eigenvalue weighted by Crippen LogP contribution is 2.45. The highest BCUT2D eigenvalue weighted by molar-refractivity contribution is 6.30. The lowest BCUT2D eigenvalue weighted by Gasteiger charge is -2.21. The summed E-state index contributed by atoms with van der Waals surface area (Å²) in [7, 11) is 0. The summed E-state index contributed by atoms with van der Waals surface area (Å²) >= 11 is 5.90. The van der Waals surface area contributed by atoms with Gasteiger partial charge in [-0.05, 0) is 55.4 Å². The van der Waals surface area contributed by atoms with Gasteiger partial charge in [0.05, 0.1) is 11.5 Å². The quantitative estimate of drug-likeness (QED) is 0.774. The van der Waals surface area contributed by atoms with E-state index in [4.69, 9.17) is 11.6 Å². The molecule has 0 bridgehead atoms. The Kier molecular flexibility index (Phi) is 3.92. The zero-order valence-electron chi connectivity index (χ0n) is 10.5. The lowest BCUT2D eigenvalue weighted by atomic mass is 9.80. The Labute approximate surface area is 113 Å². The fourth-order valence-electron chi connectivity index (χ4n) is 2.93. The monoisotopic (exact) mass is 265 g/mol. The van der Waals surface area contributed by atoms with Gasteiger partial charge in [0.15, 0.2) is 0 Å². The molecule has 0 aromatic heterocycles. The van der Waals surface area contributed by atoms with Crippen molar-refractivity contribution >= 4 is 11.6 Å². The predicted octanol–water partition coefficient (Wildman–Crippen LogP) is 4.74. The van der Waals surface area contributed by atoms with E-state index in [1.54, 1.807) is 12.1 Å². The summed E-state index contributed by atoms with van der Waals surface area (Å²) in [5.74, 6) is 0.348. The first-order valence-electron chi connectivity index (χ1n) is 6.44. The van der Waals surface area contributed by atoms with Crippen molar-refractivity contribution in [3.8, 4) is 6.07 Å². The number of rotatable bonds is 3. The van der Waals surface area contributed by atoms with Gasteiger partial charge in [0.1, 0.15) is 5.82 Å². The molecule has 96 valence electrons. The van der Waals surface area contributed by atoms with Crippen LogP contribution in [0.25, 0.3) is 0 Å². The number of nitrogens with zero attached hydrogens (tertiary/aromatic N) is 1. The van der Waals surface area contributed by atoms with E-state index in [9.17, 15) is 9.65 Å². The normalized spacial score (nSPS) is 27.1. The second kappa shape index (κ2) is 5.28. The largest absolute Gasteiger partial charge is 0.207 e. The minimum absolute atomic E-state index is 0.256. The number of hydrogen-bond donors (Lipinski definition) is 0. The van der Waals surface area contributed by atoms with Crippen LogP contribution >= 0.6 is 11.6 Å². The minimum Gasteiger partial charge on any atom is -0.207 e. The molecule has 1 saturated carbocycles. The molecule has 2 rings (SSSR count). The van der Waals surface area contributed by atoms with Crippen molar-refractivity contribution < 1.29 is 4.39 Å². The molecule has 0 saturated heterocycles. The van der Waals surface area contributed by atoms with E-state index in [0.717, 1.165) is 25.7 Å². The van der Waals surface area contributed by atoms with Crippen LogP contribution in [0.1, 0.15) is 38.2 Å². The van der Waals surface area contributed by atoms with Gasteiger partial charge in [0, 0.05) is 5.02 Å². The summed E-state index contributed by atoms with van der Waals surface area (Å²) in [6, 6.07) is 7.00. The molecule has 2 atom stereocenters. The van der Waals surface area contributed by atoms with Gasteiger partial charge in [0.25, 0.3) is 0 Å². The van der Waals surface area contributed by atoms with Crippen LogP contribution in [0.2, 0.25) is 5.02 Å². The number of halogens is 2. The highest BCUT2D eigenvalue weighted by atomic mass is 35.5. The van der Waals surface area contributed by atoms with E-state index in [-0.39, 0.29) is 5.82 Å². The molecule has 1 fully saturated rings. The molecule has 1 aliphatic carbocycles. The van der Waals surface area contributed by atoms with Gasteiger partial charge in [0.2, 0.25) is 0 Å². The van der Waals surface area contributed by atoms with Crippen LogP contribution in [-0.4, -0.2) is 0 Å². The highest BCUT2D eigenvalue weighted by Gasteiger charge is 2.39. The van der Waals surface area contributed by atoms with Crippen LogP contribution < -0.4 is 0 Å². The maximum atomic E-state index is 13.7. The van der Waals surface area contributed by atoms with Crippen molar-refractivity contribution in [3.63, 3.8) is 0 Å². The Hall–Kier alpha value is -1.07. The van der Waals surface area contributed by atoms with Gasteiger partial charge < -0.3 is 0 Å². The van der Waals surface area contributed by atoms with E-state index in [1.807, 2.05) is 0 Å². The average Bonchev–Trinajstić information content (AvgIpc) is 2.78. The molecule has 3 heteroatoms. The van der Waals surface area contributed by atoms with Gasteiger partial charge >= 0.3 is 0 Å². The number of nitriles is 1. The molecule has 0 radical (unpaired) electrons. The summed E-state index contributed by atoms with van der Waals surface area (Å²) in [6.45, 7) is 2.15. The first kappa shape index (κ1) is 13.4. The summed E-state index contributed by atoms with van der Waals surface area (Å²) in [5.41, 5.74) is 0.174. The van der Waals surface area contributed by atoms with Gasteiger partial charge in [-0.2, -0.15) is 5.26 Å². The van der Waals surface area contributed by atoms with E-state index < -0.39 is 5.41 Å². The Bertz CT molecular complexity index is 480. The predicted molar refractivity (Wildman–Crippen MR) is 70.8 cm³/mol. The molecule has 0 amide bonds. The summed E-state index contributed by atoms with van der Waals surface area (Å²) in [5, 5.41) is 9.98. The zero-order valence-corrected chi connectivity index (χ0v) is 11.3. The van der Waals surface area contributed by atoms with Crippen molar-refractivity contribution in [1.29, 1.82) is 5.26 Å². The number of hydrogen-bond acceptors (Lipinski definition) is 1. The molecule has 18 heavy (non-hydrogen) atoms. The van der Waals surface area contributed by atoms with Crippen LogP contribution in [0, 0.1) is 28.5 Å². The summed E-state index contributed by atoms with van der Waals surface area (Å²) in [6.07, 6.45) is 4.40. The standard InChI is InChI=1S/C15H17ClFN/c1-2-11-5-6-15(8-11,10-18)9-12-7-13(16)3-4-14(12)17/h3-4,7,11H,2,5-6,8-9H2,1H3. The first-order valence-corrected chi connectivity index (χ1v) is 6.81. The molecule has 0 heterocycles. The van der Waals surface area contributed by atoms with Crippen LogP contribution in [-0.2, 0) is 6.42 Å². The van der Waals surface area contributed by atoms with E-state index in [0.29, 0.717) is 22.9 Å². The SMILES string of the molecule is CCC1CCC(C#N)(Cc2cc(Cl)ccc2F)C1. The van der Waals surface area contributed by atoms with Crippen molar-refractivity contribution in [2.24, 2.45) is 11.3 Å². The summed E-state index contributed by atoms with van der Waals surface area (Å²) in [4.78, 5) is 0. The maximum absolute atomic E-state index is 13.7. The van der Waals surface area contributed by atoms with Crippen molar-refractivity contribution in [3.05, 3.63) is 34.6 Å². The van der Waals surface area contributed by atoms with Crippen LogP contribution in [0.4, 0.5) is 4.39 Å². The van der Waals surface area contributed by atoms with Crippen LogP contribution in [0.15, 0.2) is 18.2 Å². The fraction of sp³-hybridized carbons (Fsp3) is 0.533. The third-order valence-electron chi connectivity index (χ3n) is 4.06. The molecular formula is C15H17ClFN. The van der Waals surface area contributed by atoms with Crippen molar-refractivity contribution in [1.82, 2.24) is 0 Å². The molecule has 1 aromatic carbocycles. The van der Waals surface area contributed by atoms with E-state index in [2.05, 4.69) is 13.0 Å². The van der Waals surface area contributed by atoms with Crippen molar-refractivity contribution in [2.45, 2.75) is 39.0 Å². The molecule has 0 N–H and O–H groups in total. The van der Waals surface area contributed by atoms with Crippen molar-refractivity contribution in [2.75, 3.05) is 0 Å². The number of benzene rings is 1. The lowest BCUT2D eigenvalue weighted by Crippen LogP contribution is -2.18. The van der Waals surface area contributed by atoms with E-state index >= 15 is 0 Å². The van der Waals surface area contributed by atoms with Gasteiger partial charge in [-0.1, -0.05) is 24.9 Å². The second-order valence-corrected chi connectivity index (χ2v) is 5.76. The molecule has 1 aliphatic rings. The Morgan fingerprint density at radius 2 is 2.33 bits per heavy atom. The molecule has 1 nitrogen and oxygen atoms in total. The third kappa shape index (κ3) is 2.67.